The average molecular weight is 335 g/mol. The van der Waals surface area contributed by atoms with Gasteiger partial charge in [0.2, 0.25) is 5.91 Å². The molecule has 126 valence electrons. The number of carbonyl (C=O) groups excluding carboxylic acids is 1. The number of benzene rings is 2. The summed E-state index contributed by atoms with van der Waals surface area (Å²) in [5, 5.41) is 2.41. The first-order valence-corrected chi connectivity index (χ1v) is 7.28. The Bertz CT molecular complexity index is 707. The lowest BCUT2D eigenvalue weighted by Gasteiger charge is -2.12. The van der Waals surface area contributed by atoms with E-state index in [-0.39, 0.29) is 5.56 Å². The largest absolute Gasteiger partial charge is 0.494 e. The number of alkyl halides is 3. The third-order valence-electron chi connectivity index (χ3n) is 3.10. The van der Waals surface area contributed by atoms with Crippen LogP contribution in [0.2, 0.25) is 0 Å². The summed E-state index contributed by atoms with van der Waals surface area (Å²) < 4.78 is 44.8. The Kier molecular flexibility index (Phi) is 5.63. The number of carbonyl (C=O) groups is 1. The lowest BCUT2D eigenvalue weighted by Crippen LogP contribution is -2.16. The van der Waals surface area contributed by atoms with E-state index in [0.29, 0.717) is 24.1 Å². The number of hydrogen-bond acceptors (Lipinski definition) is 2. The van der Waals surface area contributed by atoms with Crippen molar-refractivity contribution in [1.29, 1.82) is 0 Å². The molecule has 0 aliphatic heterocycles. The highest BCUT2D eigenvalue weighted by atomic mass is 19.4. The van der Waals surface area contributed by atoms with Gasteiger partial charge in [0.05, 0.1) is 12.2 Å². The van der Waals surface area contributed by atoms with E-state index in [1.807, 2.05) is 6.92 Å². The number of nitrogens with one attached hydrogen (secondary N) is 1. The van der Waals surface area contributed by atoms with Gasteiger partial charge in [0.15, 0.2) is 0 Å². The van der Waals surface area contributed by atoms with Gasteiger partial charge in [-0.1, -0.05) is 30.3 Å². The van der Waals surface area contributed by atoms with Gasteiger partial charge in [-0.3, -0.25) is 4.79 Å². The van der Waals surface area contributed by atoms with Gasteiger partial charge in [0.25, 0.3) is 0 Å². The molecule has 0 unspecified atom stereocenters. The van der Waals surface area contributed by atoms with Crippen LogP contribution in [0.1, 0.15) is 12.5 Å². The van der Waals surface area contributed by atoms with Crippen LogP contribution < -0.4 is 10.1 Å². The van der Waals surface area contributed by atoms with E-state index in [0.717, 1.165) is 0 Å². The van der Waals surface area contributed by atoms with Crippen molar-refractivity contribution in [2.45, 2.75) is 13.1 Å². The molecule has 0 aromatic heterocycles. The molecule has 3 nitrogen and oxygen atoms in total. The number of halogens is 3. The Morgan fingerprint density at radius 3 is 2.25 bits per heavy atom. The molecule has 24 heavy (non-hydrogen) atoms. The fourth-order valence-electron chi connectivity index (χ4n) is 2.06. The van der Waals surface area contributed by atoms with Gasteiger partial charge in [-0.2, -0.15) is 13.2 Å². The van der Waals surface area contributed by atoms with Crippen molar-refractivity contribution in [3.8, 4) is 5.75 Å². The van der Waals surface area contributed by atoms with Gasteiger partial charge in [0.1, 0.15) is 5.75 Å². The van der Waals surface area contributed by atoms with Crippen molar-refractivity contribution in [2.75, 3.05) is 11.9 Å². The second-order valence-corrected chi connectivity index (χ2v) is 4.87. The standard InChI is InChI=1S/C18H16F3NO2/c1-2-24-15-10-8-14(9-11-15)22-17(23)12-16(18(19,20)21)13-6-4-3-5-7-13/h3-12H,2H2,1H3,(H,22,23)/b16-12-. The minimum atomic E-state index is -4.63. The van der Waals surface area contributed by atoms with Crippen LogP contribution in [0, 0.1) is 0 Å². The molecule has 0 heterocycles. The maximum absolute atomic E-state index is 13.2. The van der Waals surface area contributed by atoms with E-state index in [9.17, 15) is 18.0 Å². The lowest BCUT2D eigenvalue weighted by atomic mass is 10.1. The fraction of sp³-hybridized carbons (Fsp3) is 0.167. The van der Waals surface area contributed by atoms with Crippen LogP contribution in [0.5, 0.6) is 5.75 Å². The number of amides is 1. The fourth-order valence-corrected chi connectivity index (χ4v) is 2.06. The molecule has 2 aromatic rings. The van der Waals surface area contributed by atoms with Crippen LogP contribution in [0.15, 0.2) is 60.7 Å². The molecule has 1 N–H and O–H groups in total. The Morgan fingerprint density at radius 1 is 1.08 bits per heavy atom. The molecule has 0 atom stereocenters. The topological polar surface area (TPSA) is 38.3 Å². The summed E-state index contributed by atoms with van der Waals surface area (Å²) in [6, 6.07) is 13.6. The Morgan fingerprint density at radius 2 is 1.71 bits per heavy atom. The van der Waals surface area contributed by atoms with Gasteiger partial charge < -0.3 is 10.1 Å². The van der Waals surface area contributed by atoms with E-state index in [4.69, 9.17) is 4.74 Å². The first-order chi connectivity index (χ1) is 11.4. The summed E-state index contributed by atoms with van der Waals surface area (Å²) in [5.74, 6) is -0.235. The van der Waals surface area contributed by atoms with Crippen LogP contribution in [0.25, 0.3) is 5.57 Å². The van der Waals surface area contributed by atoms with E-state index >= 15 is 0 Å². The van der Waals surface area contributed by atoms with Crippen LogP contribution in [0.3, 0.4) is 0 Å². The van der Waals surface area contributed by atoms with Crippen molar-refractivity contribution in [2.24, 2.45) is 0 Å². The average Bonchev–Trinajstić information content (AvgIpc) is 2.54. The summed E-state index contributed by atoms with van der Waals surface area (Å²) >= 11 is 0. The minimum Gasteiger partial charge on any atom is -0.494 e. The zero-order chi connectivity index (χ0) is 17.6. The highest BCUT2D eigenvalue weighted by molar-refractivity contribution is 6.04. The Hall–Kier alpha value is -2.76. The van der Waals surface area contributed by atoms with Gasteiger partial charge in [0, 0.05) is 11.8 Å². The predicted molar refractivity (Wildman–Crippen MR) is 86.7 cm³/mol. The van der Waals surface area contributed by atoms with Crippen LogP contribution >= 0.6 is 0 Å². The molecule has 2 aromatic carbocycles. The van der Waals surface area contributed by atoms with Gasteiger partial charge in [-0.05, 0) is 36.8 Å². The zero-order valence-corrected chi connectivity index (χ0v) is 12.9. The first kappa shape index (κ1) is 17.6. The summed E-state index contributed by atoms with van der Waals surface area (Å²) in [7, 11) is 0. The monoisotopic (exact) mass is 335 g/mol. The SMILES string of the molecule is CCOc1ccc(NC(=O)/C=C(/c2ccccc2)C(F)(F)F)cc1. The summed E-state index contributed by atoms with van der Waals surface area (Å²) in [4.78, 5) is 11.9. The van der Waals surface area contributed by atoms with Crippen LogP contribution in [0.4, 0.5) is 18.9 Å². The molecule has 0 spiro atoms. The van der Waals surface area contributed by atoms with Crippen molar-refractivity contribution in [3.63, 3.8) is 0 Å². The maximum Gasteiger partial charge on any atom is 0.417 e. The number of anilines is 1. The molecule has 2 rings (SSSR count). The molecule has 0 bridgehead atoms. The highest BCUT2D eigenvalue weighted by Gasteiger charge is 2.35. The normalized spacial score (nSPS) is 11.9. The molecule has 0 fully saturated rings. The molecule has 0 saturated carbocycles. The third-order valence-corrected chi connectivity index (χ3v) is 3.10. The third kappa shape index (κ3) is 4.87. The lowest BCUT2D eigenvalue weighted by molar-refractivity contribution is -0.112. The number of hydrogen-bond donors (Lipinski definition) is 1. The second kappa shape index (κ2) is 7.68. The van der Waals surface area contributed by atoms with Crippen molar-refractivity contribution < 1.29 is 22.7 Å². The number of ether oxygens (including phenoxy) is 1. The summed E-state index contributed by atoms with van der Waals surface area (Å²) in [5.41, 5.74) is -0.673. The zero-order valence-electron chi connectivity index (χ0n) is 12.9. The van der Waals surface area contributed by atoms with Gasteiger partial charge in [-0.15, -0.1) is 0 Å². The molecule has 0 aliphatic rings. The molecular formula is C18H16F3NO2. The first-order valence-electron chi connectivity index (χ1n) is 7.28. The molecule has 1 amide bonds. The summed E-state index contributed by atoms with van der Waals surface area (Å²) in [6.07, 6.45) is -4.07. The molecule has 0 aliphatic carbocycles. The quantitative estimate of drug-likeness (QED) is 0.807. The van der Waals surface area contributed by atoms with Gasteiger partial charge in [-0.25, -0.2) is 0 Å². The minimum absolute atomic E-state index is 0.0631. The van der Waals surface area contributed by atoms with E-state index < -0.39 is 17.7 Å². The highest BCUT2D eigenvalue weighted by Crippen LogP contribution is 2.33. The number of rotatable bonds is 5. The smallest absolute Gasteiger partial charge is 0.417 e. The van der Waals surface area contributed by atoms with E-state index in [2.05, 4.69) is 5.32 Å². The molecule has 0 saturated heterocycles. The van der Waals surface area contributed by atoms with Crippen LogP contribution in [-0.4, -0.2) is 18.7 Å². The second-order valence-electron chi connectivity index (χ2n) is 4.87. The van der Waals surface area contributed by atoms with Crippen molar-refractivity contribution in [3.05, 3.63) is 66.2 Å². The predicted octanol–water partition coefficient (Wildman–Crippen LogP) is 4.67. The number of allylic oxidation sites excluding steroid dienone is 1. The molecule has 6 heteroatoms. The maximum atomic E-state index is 13.2. The van der Waals surface area contributed by atoms with Crippen LogP contribution in [-0.2, 0) is 4.79 Å². The van der Waals surface area contributed by atoms with Crippen molar-refractivity contribution >= 4 is 17.2 Å². The van der Waals surface area contributed by atoms with Crippen molar-refractivity contribution in [1.82, 2.24) is 0 Å². The van der Waals surface area contributed by atoms with E-state index in [1.54, 1.807) is 30.3 Å². The van der Waals surface area contributed by atoms with Gasteiger partial charge >= 0.3 is 6.18 Å². The Labute approximate surface area is 137 Å². The van der Waals surface area contributed by atoms with E-state index in [1.165, 1.54) is 24.3 Å². The molecule has 0 radical (unpaired) electrons. The Balaban J connectivity index is 2.18. The summed E-state index contributed by atoms with van der Waals surface area (Å²) in [6.45, 7) is 2.34. The molecular weight excluding hydrogens is 319 g/mol.